The Morgan fingerprint density at radius 2 is 1.76 bits per heavy atom. The smallest absolute Gasteiger partial charge is 0.340 e. The van der Waals surface area contributed by atoms with E-state index in [9.17, 15) is 14.4 Å². The molecule has 0 saturated carbocycles. The monoisotopic (exact) mass is 444 g/mol. The van der Waals surface area contributed by atoms with E-state index >= 15 is 0 Å². The number of allylic oxidation sites excluding steroid dienone is 1. The highest BCUT2D eigenvalue weighted by Gasteiger charge is 2.38. The normalized spacial score (nSPS) is 15.2. The number of ether oxygens (including phenoxy) is 1. The molecule has 7 nitrogen and oxygen atoms in total. The van der Waals surface area contributed by atoms with Crippen molar-refractivity contribution < 1.29 is 23.5 Å². The Morgan fingerprint density at radius 1 is 1.03 bits per heavy atom. The molecule has 0 saturated heterocycles. The van der Waals surface area contributed by atoms with E-state index in [2.05, 4.69) is 19.2 Å². The molecule has 168 valence electrons. The summed E-state index contributed by atoms with van der Waals surface area (Å²) in [6, 6.07) is 17.5. The zero-order valence-corrected chi connectivity index (χ0v) is 18.6. The maximum Gasteiger partial charge on any atom is 0.340 e. The lowest BCUT2D eigenvalue weighted by Gasteiger charge is -2.23. The molecule has 0 atom stereocenters. The van der Waals surface area contributed by atoms with Gasteiger partial charge in [-0.05, 0) is 35.9 Å². The number of rotatable bonds is 6. The molecule has 1 aliphatic rings. The van der Waals surface area contributed by atoms with Crippen LogP contribution >= 0.6 is 0 Å². The van der Waals surface area contributed by atoms with Gasteiger partial charge in [-0.2, -0.15) is 0 Å². The van der Waals surface area contributed by atoms with Crippen molar-refractivity contribution in [2.24, 2.45) is 0 Å². The maximum absolute atomic E-state index is 12.7. The first-order chi connectivity index (χ1) is 15.8. The van der Waals surface area contributed by atoms with Gasteiger partial charge >= 0.3 is 5.97 Å². The van der Waals surface area contributed by atoms with Crippen LogP contribution in [-0.2, 0) is 14.9 Å². The summed E-state index contributed by atoms with van der Waals surface area (Å²) in [5, 5.41) is 2.63. The summed E-state index contributed by atoms with van der Waals surface area (Å²) in [4.78, 5) is 39.6. The lowest BCUT2D eigenvalue weighted by molar-refractivity contribution is -0.117. The summed E-state index contributed by atoms with van der Waals surface area (Å²) in [7, 11) is 1.91. The van der Waals surface area contributed by atoms with Crippen LogP contribution in [0.1, 0.15) is 40.3 Å². The van der Waals surface area contributed by atoms with Crippen LogP contribution in [0.4, 0.5) is 11.4 Å². The number of amides is 1. The Kier molecular flexibility index (Phi) is 5.87. The molecule has 7 heteroatoms. The van der Waals surface area contributed by atoms with E-state index in [1.165, 1.54) is 24.5 Å². The van der Waals surface area contributed by atoms with Crippen molar-refractivity contribution >= 4 is 29.0 Å². The summed E-state index contributed by atoms with van der Waals surface area (Å²) < 4.78 is 10.3. The van der Waals surface area contributed by atoms with Gasteiger partial charge in [-0.1, -0.05) is 44.2 Å². The topological polar surface area (TPSA) is 88.9 Å². The molecule has 1 amide bonds. The average molecular weight is 444 g/mol. The van der Waals surface area contributed by atoms with Gasteiger partial charge in [0.1, 0.15) is 0 Å². The molecule has 0 radical (unpaired) electrons. The molecule has 2 heterocycles. The average Bonchev–Trinajstić information content (AvgIpc) is 3.41. The Bertz CT molecular complexity index is 1240. The lowest BCUT2D eigenvalue weighted by atomic mass is 9.83. The van der Waals surface area contributed by atoms with Gasteiger partial charge in [0.2, 0.25) is 0 Å². The second-order valence-electron chi connectivity index (χ2n) is 8.25. The second-order valence-corrected chi connectivity index (χ2v) is 8.25. The minimum atomic E-state index is -0.709. The molecule has 0 spiro atoms. The van der Waals surface area contributed by atoms with Gasteiger partial charge in [0.15, 0.2) is 18.2 Å². The fourth-order valence-corrected chi connectivity index (χ4v) is 4.03. The maximum atomic E-state index is 12.7. The number of fused-ring (bicyclic) bond motifs is 1. The van der Waals surface area contributed by atoms with Crippen LogP contribution in [0.3, 0.4) is 0 Å². The van der Waals surface area contributed by atoms with Crippen LogP contribution < -0.4 is 10.2 Å². The van der Waals surface area contributed by atoms with Crippen molar-refractivity contribution in [3.63, 3.8) is 0 Å². The number of hydrogen-bond acceptors (Lipinski definition) is 6. The van der Waals surface area contributed by atoms with E-state index < -0.39 is 18.5 Å². The highest BCUT2D eigenvalue weighted by atomic mass is 16.5. The van der Waals surface area contributed by atoms with E-state index in [0.29, 0.717) is 0 Å². The molecule has 2 aromatic carbocycles. The standard InChI is InChI=1S/C26H24N2O5/c1-26(2)19-10-5-7-12-21(19)28(3)23(26)15-17(29)16-33-25(31)18-9-4-6-11-20(18)27-24(30)22-13-8-14-32-22/h4-15H,16H2,1-3H3,(H,27,30). The van der Waals surface area contributed by atoms with E-state index in [0.717, 1.165) is 16.9 Å². The van der Waals surface area contributed by atoms with Gasteiger partial charge < -0.3 is 19.4 Å². The Morgan fingerprint density at radius 3 is 2.48 bits per heavy atom. The predicted molar refractivity (Wildman–Crippen MR) is 124 cm³/mol. The van der Waals surface area contributed by atoms with Gasteiger partial charge in [0, 0.05) is 29.9 Å². The fraction of sp³-hybridized carbons (Fsp3) is 0.192. The number of benzene rings is 2. The summed E-state index contributed by atoms with van der Waals surface area (Å²) in [5.41, 5.74) is 3.05. The number of para-hydroxylation sites is 2. The molecule has 33 heavy (non-hydrogen) atoms. The molecule has 1 N–H and O–H groups in total. The van der Waals surface area contributed by atoms with Gasteiger partial charge in [-0.15, -0.1) is 0 Å². The van der Waals surface area contributed by atoms with Crippen LogP contribution in [0.5, 0.6) is 0 Å². The van der Waals surface area contributed by atoms with Crippen molar-refractivity contribution in [3.05, 3.63) is 95.6 Å². The molecular formula is C26H24N2O5. The first-order valence-electron chi connectivity index (χ1n) is 10.5. The minimum Gasteiger partial charge on any atom is -0.459 e. The SMILES string of the molecule is CN1C(=CC(=O)COC(=O)c2ccccc2NC(=O)c2ccco2)C(C)(C)c2ccccc21. The number of carbonyl (C=O) groups is 3. The highest BCUT2D eigenvalue weighted by Crippen LogP contribution is 2.46. The number of ketones is 1. The molecule has 4 rings (SSSR count). The number of nitrogens with one attached hydrogen (secondary N) is 1. The number of nitrogens with zero attached hydrogens (tertiary/aromatic N) is 1. The minimum absolute atomic E-state index is 0.115. The van der Waals surface area contributed by atoms with Crippen molar-refractivity contribution in [3.8, 4) is 0 Å². The predicted octanol–water partition coefficient (Wildman–Crippen LogP) is 4.57. The van der Waals surface area contributed by atoms with Crippen LogP contribution in [0, 0.1) is 0 Å². The summed E-state index contributed by atoms with van der Waals surface area (Å²) >= 11 is 0. The number of carbonyl (C=O) groups excluding carboxylic acids is 3. The number of anilines is 2. The molecule has 0 unspecified atom stereocenters. The van der Waals surface area contributed by atoms with Crippen molar-refractivity contribution in [2.45, 2.75) is 19.3 Å². The van der Waals surface area contributed by atoms with Crippen LogP contribution in [0.25, 0.3) is 0 Å². The van der Waals surface area contributed by atoms with E-state index in [1.54, 1.807) is 24.3 Å². The Labute approximate surface area is 191 Å². The van der Waals surface area contributed by atoms with Crippen LogP contribution in [0.2, 0.25) is 0 Å². The zero-order chi connectivity index (χ0) is 23.6. The molecule has 3 aromatic rings. The lowest BCUT2D eigenvalue weighted by Crippen LogP contribution is -2.25. The number of hydrogen-bond donors (Lipinski definition) is 1. The third-order valence-electron chi connectivity index (χ3n) is 5.72. The first kappa shape index (κ1) is 22.1. The van der Waals surface area contributed by atoms with Crippen LogP contribution in [-0.4, -0.2) is 31.3 Å². The van der Waals surface area contributed by atoms with Gasteiger partial charge in [0.05, 0.1) is 17.5 Å². The number of likely N-dealkylation sites (N-methyl/N-ethyl adjacent to an activating group) is 1. The third kappa shape index (κ3) is 4.30. The van der Waals surface area contributed by atoms with Crippen molar-refractivity contribution in [2.75, 3.05) is 23.9 Å². The number of esters is 1. The molecular weight excluding hydrogens is 420 g/mol. The highest BCUT2D eigenvalue weighted by molar-refractivity contribution is 6.07. The number of furan rings is 1. The largest absolute Gasteiger partial charge is 0.459 e. The second kappa shape index (κ2) is 8.78. The van der Waals surface area contributed by atoms with Crippen molar-refractivity contribution in [1.29, 1.82) is 0 Å². The Balaban J connectivity index is 1.45. The molecule has 1 aromatic heterocycles. The molecule has 0 bridgehead atoms. The molecule has 0 aliphatic carbocycles. The van der Waals surface area contributed by atoms with E-state index in [-0.39, 0.29) is 28.2 Å². The summed E-state index contributed by atoms with van der Waals surface area (Å²) in [6.07, 6.45) is 2.91. The molecule has 0 fully saturated rings. The summed E-state index contributed by atoms with van der Waals surface area (Å²) in [6.45, 7) is 3.69. The fourth-order valence-electron chi connectivity index (χ4n) is 4.03. The zero-order valence-electron chi connectivity index (χ0n) is 18.6. The quantitative estimate of drug-likeness (QED) is 0.443. The third-order valence-corrected chi connectivity index (χ3v) is 5.72. The first-order valence-corrected chi connectivity index (χ1v) is 10.5. The van der Waals surface area contributed by atoms with Crippen LogP contribution in [0.15, 0.2) is 83.1 Å². The Hall–Kier alpha value is -4.13. The van der Waals surface area contributed by atoms with Crippen molar-refractivity contribution in [1.82, 2.24) is 0 Å². The van der Waals surface area contributed by atoms with Gasteiger partial charge in [0.25, 0.3) is 5.91 Å². The van der Waals surface area contributed by atoms with E-state index in [1.807, 2.05) is 36.2 Å². The summed E-state index contributed by atoms with van der Waals surface area (Å²) in [5.74, 6) is -1.42. The van der Waals surface area contributed by atoms with E-state index in [4.69, 9.17) is 9.15 Å². The molecule has 1 aliphatic heterocycles. The van der Waals surface area contributed by atoms with Gasteiger partial charge in [-0.25, -0.2) is 4.79 Å². The van der Waals surface area contributed by atoms with Gasteiger partial charge in [-0.3, -0.25) is 9.59 Å².